The van der Waals surface area contributed by atoms with E-state index in [9.17, 15) is 22.0 Å². The van der Waals surface area contributed by atoms with Crippen molar-refractivity contribution in [1.29, 1.82) is 0 Å². The minimum Gasteiger partial charge on any atom is -0.494 e. The van der Waals surface area contributed by atoms with Crippen molar-refractivity contribution in [2.24, 2.45) is 0 Å². The minimum atomic E-state index is -4.04. The van der Waals surface area contributed by atoms with Crippen molar-refractivity contribution in [2.75, 3.05) is 20.2 Å². The highest BCUT2D eigenvalue weighted by molar-refractivity contribution is 7.89. The lowest BCUT2D eigenvalue weighted by Crippen LogP contribution is -2.36. The fourth-order valence-electron chi connectivity index (χ4n) is 3.10. The monoisotopic (exact) mass is 425 g/mol. The number of methoxy groups -OCH3 is 1. The highest BCUT2D eigenvalue weighted by Crippen LogP contribution is 2.24. The van der Waals surface area contributed by atoms with E-state index >= 15 is 0 Å². The molecule has 29 heavy (non-hydrogen) atoms. The molecule has 0 bridgehead atoms. The lowest BCUT2D eigenvalue weighted by Gasteiger charge is -2.26. The molecule has 2 aromatic rings. The van der Waals surface area contributed by atoms with E-state index in [4.69, 9.17) is 9.47 Å². The zero-order chi connectivity index (χ0) is 21.0. The number of nitrogens with zero attached hydrogens (tertiary/aromatic N) is 1. The molecule has 156 valence electrons. The van der Waals surface area contributed by atoms with Crippen LogP contribution in [0.4, 0.5) is 8.78 Å². The second-order valence-corrected chi connectivity index (χ2v) is 8.56. The average Bonchev–Trinajstić information content (AvgIpc) is 2.73. The van der Waals surface area contributed by atoms with Crippen molar-refractivity contribution in [3.8, 4) is 5.75 Å². The number of hydrogen-bond donors (Lipinski definition) is 0. The van der Waals surface area contributed by atoms with Gasteiger partial charge in [0.15, 0.2) is 11.6 Å². The summed E-state index contributed by atoms with van der Waals surface area (Å²) in [6.45, 7) is 0.407. The summed E-state index contributed by atoms with van der Waals surface area (Å²) in [6, 6.07) is 7.17. The summed E-state index contributed by atoms with van der Waals surface area (Å²) in [5.41, 5.74) is 0.288. The lowest BCUT2D eigenvalue weighted by molar-refractivity contribution is 0.0472. The van der Waals surface area contributed by atoms with Crippen molar-refractivity contribution in [3.05, 3.63) is 59.2 Å². The van der Waals surface area contributed by atoms with Gasteiger partial charge in [0.1, 0.15) is 17.3 Å². The maximum absolute atomic E-state index is 14.2. The van der Waals surface area contributed by atoms with Gasteiger partial charge in [-0.1, -0.05) is 12.5 Å². The van der Waals surface area contributed by atoms with E-state index in [2.05, 4.69) is 0 Å². The van der Waals surface area contributed by atoms with Gasteiger partial charge in [-0.3, -0.25) is 0 Å². The number of halogens is 2. The molecular weight excluding hydrogens is 404 g/mol. The van der Waals surface area contributed by atoms with E-state index < -0.39 is 32.5 Å². The molecule has 1 fully saturated rings. The standard InChI is InChI=1S/C20H21F2NO5S/c1-27-18-8-5-14(11-17(18)22)13-28-20(24)15-6-7-16(21)19(12-15)29(25,26)23-9-3-2-4-10-23/h5-8,11-12H,2-4,9-10,13H2,1H3. The molecule has 0 spiro atoms. The Balaban J connectivity index is 1.76. The highest BCUT2D eigenvalue weighted by atomic mass is 32.2. The Morgan fingerprint density at radius 1 is 1.03 bits per heavy atom. The van der Waals surface area contributed by atoms with Gasteiger partial charge < -0.3 is 9.47 Å². The third-order valence-electron chi connectivity index (χ3n) is 4.69. The van der Waals surface area contributed by atoms with Crippen LogP contribution in [0.1, 0.15) is 35.2 Å². The number of carbonyl (C=O) groups excluding carboxylic acids is 1. The first-order valence-electron chi connectivity index (χ1n) is 9.12. The van der Waals surface area contributed by atoms with Gasteiger partial charge in [0.2, 0.25) is 10.0 Å². The van der Waals surface area contributed by atoms with E-state index in [0.717, 1.165) is 24.6 Å². The third-order valence-corrected chi connectivity index (χ3v) is 6.60. The number of carbonyl (C=O) groups is 1. The molecule has 1 aliphatic heterocycles. The molecule has 1 aliphatic rings. The molecule has 0 amide bonds. The van der Waals surface area contributed by atoms with E-state index in [1.807, 2.05) is 0 Å². The molecule has 0 N–H and O–H groups in total. The smallest absolute Gasteiger partial charge is 0.338 e. The molecule has 6 nitrogen and oxygen atoms in total. The maximum Gasteiger partial charge on any atom is 0.338 e. The Kier molecular flexibility index (Phi) is 6.49. The van der Waals surface area contributed by atoms with Gasteiger partial charge in [0.05, 0.1) is 12.7 Å². The Labute approximate surface area is 168 Å². The average molecular weight is 425 g/mol. The summed E-state index contributed by atoms with van der Waals surface area (Å²) in [5, 5.41) is 0. The molecule has 1 heterocycles. The second kappa shape index (κ2) is 8.87. The molecule has 0 radical (unpaired) electrons. The van der Waals surface area contributed by atoms with Crippen LogP contribution in [-0.2, 0) is 21.4 Å². The van der Waals surface area contributed by atoms with Crippen molar-refractivity contribution in [1.82, 2.24) is 4.31 Å². The molecule has 1 saturated heterocycles. The summed E-state index contributed by atoms with van der Waals surface area (Å²) in [5.74, 6) is -2.30. The molecule has 0 aliphatic carbocycles. The first kappa shape index (κ1) is 21.2. The number of esters is 1. The van der Waals surface area contributed by atoms with Crippen LogP contribution < -0.4 is 4.74 Å². The molecule has 2 aromatic carbocycles. The minimum absolute atomic E-state index is 0.0613. The second-order valence-electron chi connectivity index (χ2n) is 6.65. The van der Waals surface area contributed by atoms with Crippen LogP contribution in [0, 0.1) is 11.6 Å². The SMILES string of the molecule is COc1ccc(COC(=O)c2ccc(F)c(S(=O)(=O)N3CCCCC3)c2)cc1F. The van der Waals surface area contributed by atoms with Crippen LogP contribution in [0.25, 0.3) is 0 Å². The summed E-state index contributed by atoms with van der Waals surface area (Å²) in [7, 11) is -2.71. The Morgan fingerprint density at radius 3 is 2.41 bits per heavy atom. The van der Waals surface area contributed by atoms with Crippen LogP contribution in [-0.4, -0.2) is 38.9 Å². The molecule has 0 aromatic heterocycles. The van der Waals surface area contributed by atoms with Gasteiger partial charge in [0, 0.05) is 13.1 Å². The topological polar surface area (TPSA) is 72.9 Å². The summed E-state index contributed by atoms with van der Waals surface area (Å²) in [4.78, 5) is 11.8. The number of piperidine rings is 1. The Bertz CT molecular complexity index is 1000. The van der Waals surface area contributed by atoms with Gasteiger partial charge in [-0.2, -0.15) is 4.31 Å². The van der Waals surface area contributed by atoms with Crippen LogP contribution in [0.3, 0.4) is 0 Å². The molecule has 0 atom stereocenters. The Morgan fingerprint density at radius 2 is 1.76 bits per heavy atom. The third kappa shape index (κ3) is 4.73. The van der Waals surface area contributed by atoms with Crippen molar-refractivity contribution < 1.29 is 31.5 Å². The van der Waals surface area contributed by atoms with Gasteiger partial charge >= 0.3 is 5.97 Å². The lowest BCUT2D eigenvalue weighted by atomic mass is 10.2. The van der Waals surface area contributed by atoms with Crippen molar-refractivity contribution >= 4 is 16.0 Å². The zero-order valence-corrected chi connectivity index (χ0v) is 16.7. The fourth-order valence-corrected chi connectivity index (χ4v) is 4.71. The van der Waals surface area contributed by atoms with E-state index in [1.54, 1.807) is 0 Å². The summed E-state index contributed by atoms with van der Waals surface area (Å²) in [6.07, 6.45) is 2.34. The van der Waals surface area contributed by atoms with E-state index in [0.29, 0.717) is 31.5 Å². The van der Waals surface area contributed by atoms with E-state index in [-0.39, 0.29) is 17.9 Å². The first-order valence-corrected chi connectivity index (χ1v) is 10.6. The van der Waals surface area contributed by atoms with Crippen molar-refractivity contribution in [2.45, 2.75) is 30.8 Å². The van der Waals surface area contributed by atoms with Gasteiger partial charge in [0.25, 0.3) is 0 Å². The van der Waals surface area contributed by atoms with Crippen LogP contribution in [0.2, 0.25) is 0 Å². The number of hydrogen-bond acceptors (Lipinski definition) is 5. The van der Waals surface area contributed by atoms with E-state index in [1.165, 1.54) is 29.6 Å². The quantitative estimate of drug-likeness (QED) is 0.663. The molecule has 0 unspecified atom stereocenters. The van der Waals surface area contributed by atoms with Crippen LogP contribution in [0.15, 0.2) is 41.3 Å². The molecule has 3 rings (SSSR count). The summed E-state index contributed by atoms with van der Waals surface area (Å²) >= 11 is 0. The van der Waals surface area contributed by atoms with Gasteiger partial charge in [-0.05, 0) is 48.7 Å². The predicted octanol–water partition coefficient (Wildman–Crippen LogP) is 3.51. The maximum atomic E-state index is 14.2. The summed E-state index contributed by atoms with van der Waals surface area (Å²) < 4.78 is 64.6. The van der Waals surface area contributed by atoms with Crippen LogP contribution >= 0.6 is 0 Å². The van der Waals surface area contributed by atoms with Crippen LogP contribution in [0.5, 0.6) is 5.75 Å². The number of rotatable bonds is 6. The fraction of sp³-hybridized carbons (Fsp3) is 0.350. The largest absolute Gasteiger partial charge is 0.494 e. The van der Waals surface area contributed by atoms with Gasteiger partial charge in [-0.25, -0.2) is 22.0 Å². The number of sulfonamides is 1. The molecule has 9 heteroatoms. The normalized spacial score (nSPS) is 15.1. The highest BCUT2D eigenvalue weighted by Gasteiger charge is 2.29. The van der Waals surface area contributed by atoms with Crippen molar-refractivity contribution in [3.63, 3.8) is 0 Å². The number of ether oxygens (including phenoxy) is 2. The molecule has 0 saturated carbocycles. The zero-order valence-electron chi connectivity index (χ0n) is 15.9. The van der Waals surface area contributed by atoms with Gasteiger partial charge in [-0.15, -0.1) is 0 Å². The first-order chi connectivity index (χ1) is 13.8. The number of benzene rings is 2. The Hall–Kier alpha value is -2.52. The predicted molar refractivity (Wildman–Crippen MR) is 101 cm³/mol. The molecular formula is C20H21F2NO5S.